The largest absolute Gasteiger partial charge is 0.461 e. The summed E-state index contributed by atoms with van der Waals surface area (Å²) >= 11 is 0. The zero-order chi connectivity index (χ0) is 11.4. The molecule has 0 aliphatic carbocycles. The highest BCUT2D eigenvalue weighted by molar-refractivity contribution is 5.92. The lowest BCUT2D eigenvalue weighted by atomic mass is 10.3. The van der Waals surface area contributed by atoms with Gasteiger partial charge in [0.2, 0.25) is 0 Å². The normalized spacial score (nSPS) is 10.0. The number of ether oxygens (including phenoxy) is 1. The fourth-order valence-corrected chi connectivity index (χ4v) is 1.15. The molecule has 0 amide bonds. The molecule has 0 fully saturated rings. The molecule has 0 radical (unpaired) electrons. The molecular formula is C10H15N3O2. The second-order valence-electron chi connectivity index (χ2n) is 3.31. The first-order chi connectivity index (χ1) is 7.04. The Bertz CT molecular complexity index is 382. The SMILES string of the molecule is C=C(C)Cn1cc(N)c(C(=O)OCC)n1. The summed E-state index contributed by atoms with van der Waals surface area (Å²) in [5.41, 5.74) is 7.07. The van der Waals surface area contributed by atoms with Crippen LogP contribution in [0.4, 0.5) is 5.69 Å². The Hall–Kier alpha value is -1.78. The van der Waals surface area contributed by atoms with Gasteiger partial charge in [-0.05, 0) is 13.8 Å². The summed E-state index contributed by atoms with van der Waals surface area (Å²) < 4.78 is 6.38. The Morgan fingerprint density at radius 2 is 2.40 bits per heavy atom. The maximum atomic E-state index is 11.4. The molecule has 5 heteroatoms. The molecular weight excluding hydrogens is 194 g/mol. The van der Waals surface area contributed by atoms with Gasteiger partial charge >= 0.3 is 5.97 Å². The molecule has 0 bridgehead atoms. The predicted octanol–water partition coefficient (Wildman–Crippen LogP) is 1.22. The van der Waals surface area contributed by atoms with Crippen LogP contribution >= 0.6 is 0 Å². The summed E-state index contributed by atoms with van der Waals surface area (Å²) in [4.78, 5) is 11.4. The molecule has 1 heterocycles. The van der Waals surface area contributed by atoms with Gasteiger partial charge in [0.05, 0.1) is 18.8 Å². The number of carbonyl (C=O) groups excluding carboxylic acids is 1. The molecule has 2 N–H and O–H groups in total. The second kappa shape index (κ2) is 4.63. The Balaban J connectivity index is 2.86. The molecule has 5 nitrogen and oxygen atoms in total. The molecule has 82 valence electrons. The van der Waals surface area contributed by atoms with Gasteiger partial charge in [0.25, 0.3) is 0 Å². The minimum Gasteiger partial charge on any atom is -0.461 e. The predicted molar refractivity (Wildman–Crippen MR) is 57.4 cm³/mol. The van der Waals surface area contributed by atoms with Crippen LogP contribution in [-0.4, -0.2) is 22.4 Å². The third-order valence-electron chi connectivity index (χ3n) is 1.69. The number of esters is 1. The van der Waals surface area contributed by atoms with Crippen molar-refractivity contribution >= 4 is 11.7 Å². The maximum Gasteiger partial charge on any atom is 0.361 e. The van der Waals surface area contributed by atoms with Gasteiger partial charge in [0, 0.05) is 6.20 Å². The summed E-state index contributed by atoms with van der Waals surface area (Å²) in [6.45, 7) is 8.22. The third kappa shape index (κ3) is 2.83. The topological polar surface area (TPSA) is 70.1 Å². The zero-order valence-corrected chi connectivity index (χ0v) is 8.99. The number of hydrogen-bond donors (Lipinski definition) is 1. The molecule has 0 atom stereocenters. The fraction of sp³-hybridized carbons (Fsp3) is 0.400. The minimum atomic E-state index is -0.490. The lowest BCUT2D eigenvalue weighted by Crippen LogP contribution is -2.09. The number of nitrogens with zero attached hydrogens (tertiary/aromatic N) is 2. The van der Waals surface area contributed by atoms with Gasteiger partial charge in [-0.3, -0.25) is 4.68 Å². The number of carbonyl (C=O) groups is 1. The van der Waals surface area contributed by atoms with E-state index < -0.39 is 5.97 Å². The Morgan fingerprint density at radius 1 is 1.73 bits per heavy atom. The summed E-state index contributed by atoms with van der Waals surface area (Å²) in [6.07, 6.45) is 1.60. The summed E-state index contributed by atoms with van der Waals surface area (Å²) in [6, 6.07) is 0. The van der Waals surface area contributed by atoms with Crippen LogP contribution in [-0.2, 0) is 11.3 Å². The summed E-state index contributed by atoms with van der Waals surface area (Å²) in [5, 5.41) is 4.02. The molecule has 1 aromatic rings. The van der Waals surface area contributed by atoms with Crippen molar-refractivity contribution in [1.82, 2.24) is 9.78 Å². The highest BCUT2D eigenvalue weighted by atomic mass is 16.5. The number of hydrogen-bond acceptors (Lipinski definition) is 4. The van der Waals surface area contributed by atoms with E-state index in [1.54, 1.807) is 17.8 Å². The lowest BCUT2D eigenvalue weighted by Gasteiger charge is -1.99. The van der Waals surface area contributed by atoms with Gasteiger partial charge in [0.15, 0.2) is 5.69 Å². The molecule has 0 aromatic carbocycles. The Labute approximate surface area is 88.5 Å². The first-order valence-electron chi connectivity index (χ1n) is 4.69. The van der Waals surface area contributed by atoms with Gasteiger partial charge in [-0.1, -0.05) is 12.2 Å². The minimum absolute atomic E-state index is 0.165. The quantitative estimate of drug-likeness (QED) is 0.598. The van der Waals surface area contributed by atoms with E-state index in [-0.39, 0.29) is 5.69 Å². The second-order valence-corrected chi connectivity index (χ2v) is 3.31. The van der Waals surface area contributed by atoms with Crippen molar-refractivity contribution in [2.75, 3.05) is 12.3 Å². The number of allylic oxidation sites excluding steroid dienone is 1. The fourth-order valence-electron chi connectivity index (χ4n) is 1.15. The van der Waals surface area contributed by atoms with Crippen molar-refractivity contribution in [2.45, 2.75) is 20.4 Å². The van der Waals surface area contributed by atoms with E-state index in [0.29, 0.717) is 18.8 Å². The van der Waals surface area contributed by atoms with Gasteiger partial charge in [0.1, 0.15) is 0 Å². The molecule has 0 saturated heterocycles. The van der Waals surface area contributed by atoms with Crippen LogP contribution in [0.15, 0.2) is 18.3 Å². The van der Waals surface area contributed by atoms with E-state index in [2.05, 4.69) is 11.7 Å². The van der Waals surface area contributed by atoms with E-state index in [1.807, 2.05) is 6.92 Å². The van der Waals surface area contributed by atoms with Crippen LogP contribution in [0.25, 0.3) is 0 Å². The van der Waals surface area contributed by atoms with Crippen molar-refractivity contribution < 1.29 is 9.53 Å². The van der Waals surface area contributed by atoms with Crippen LogP contribution in [0.3, 0.4) is 0 Å². The van der Waals surface area contributed by atoms with Crippen LogP contribution in [0.2, 0.25) is 0 Å². The lowest BCUT2D eigenvalue weighted by molar-refractivity contribution is 0.0519. The van der Waals surface area contributed by atoms with Crippen LogP contribution in [0, 0.1) is 0 Å². The van der Waals surface area contributed by atoms with E-state index in [9.17, 15) is 4.79 Å². The van der Waals surface area contributed by atoms with Crippen molar-refractivity contribution in [2.24, 2.45) is 0 Å². The summed E-state index contributed by atoms with van der Waals surface area (Å²) in [7, 11) is 0. The van der Waals surface area contributed by atoms with Gasteiger partial charge in [-0.2, -0.15) is 5.10 Å². The van der Waals surface area contributed by atoms with Gasteiger partial charge in [-0.15, -0.1) is 0 Å². The first kappa shape index (κ1) is 11.3. The highest BCUT2D eigenvalue weighted by Gasteiger charge is 2.15. The zero-order valence-electron chi connectivity index (χ0n) is 8.99. The van der Waals surface area contributed by atoms with E-state index >= 15 is 0 Å². The number of nitrogen functional groups attached to an aromatic ring is 1. The van der Waals surface area contributed by atoms with E-state index in [0.717, 1.165) is 5.57 Å². The van der Waals surface area contributed by atoms with Crippen LogP contribution in [0.1, 0.15) is 24.3 Å². The van der Waals surface area contributed by atoms with E-state index in [4.69, 9.17) is 10.5 Å². The third-order valence-corrected chi connectivity index (χ3v) is 1.69. The molecule has 0 spiro atoms. The highest BCUT2D eigenvalue weighted by Crippen LogP contribution is 2.11. The monoisotopic (exact) mass is 209 g/mol. The van der Waals surface area contributed by atoms with Crippen molar-refractivity contribution in [3.63, 3.8) is 0 Å². The maximum absolute atomic E-state index is 11.4. The molecule has 0 unspecified atom stereocenters. The number of rotatable bonds is 4. The average molecular weight is 209 g/mol. The average Bonchev–Trinajstić information content (AvgIpc) is 2.46. The molecule has 1 rings (SSSR count). The Kier molecular flexibility index (Phi) is 3.49. The number of nitrogens with two attached hydrogens (primary N) is 1. The first-order valence-corrected chi connectivity index (χ1v) is 4.69. The number of anilines is 1. The van der Waals surface area contributed by atoms with E-state index in [1.165, 1.54) is 0 Å². The summed E-state index contributed by atoms with van der Waals surface area (Å²) in [5.74, 6) is -0.490. The molecule has 0 saturated carbocycles. The standard InChI is InChI=1S/C10H15N3O2/c1-4-15-10(14)9-8(11)6-13(12-9)5-7(2)3/h6H,2,4-5,11H2,1,3H3. The van der Waals surface area contributed by atoms with Gasteiger partial charge in [-0.25, -0.2) is 4.79 Å². The van der Waals surface area contributed by atoms with Gasteiger partial charge < -0.3 is 10.5 Å². The number of aromatic nitrogens is 2. The van der Waals surface area contributed by atoms with Crippen LogP contribution in [0.5, 0.6) is 0 Å². The van der Waals surface area contributed by atoms with Crippen molar-refractivity contribution in [3.05, 3.63) is 24.0 Å². The smallest absolute Gasteiger partial charge is 0.361 e. The van der Waals surface area contributed by atoms with Crippen molar-refractivity contribution in [3.8, 4) is 0 Å². The molecule has 0 aliphatic heterocycles. The molecule has 1 aromatic heterocycles. The van der Waals surface area contributed by atoms with Crippen molar-refractivity contribution in [1.29, 1.82) is 0 Å². The molecule has 15 heavy (non-hydrogen) atoms. The molecule has 0 aliphatic rings. The van der Waals surface area contributed by atoms with Crippen LogP contribution < -0.4 is 5.73 Å². The Morgan fingerprint density at radius 3 is 2.93 bits per heavy atom.